The molecule has 0 bridgehead atoms. The van der Waals surface area contributed by atoms with Crippen molar-refractivity contribution in [2.24, 2.45) is 0 Å². The van der Waals surface area contributed by atoms with E-state index in [1.165, 1.54) is 12.1 Å². The van der Waals surface area contributed by atoms with Crippen molar-refractivity contribution in [2.45, 2.75) is 52.7 Å². The van der Waals surface area contributed by atoms with Gasteiger partial charge in [-0.05, 0) is 38.0 Å². The molecule has 3 N–H and O–H groups in total. The fraction of sp³-hybridized carbons (Fsp3) is 0.421. The van der Waals surface area contributed by atoms with Crippen LogP contribution in [-0.4, -0.2) is 23.0 Å². The number of carbonyl (C=O) groups excluding carboxylic acids is 2. The van der Waals surface area contributed by atoms with Gasteiger partial charge in [0.25, 0.3) is 0 Å². The number of benzene rings is 1. The molecule has 1 atom stereocenters. The van der Waals surface area contributed by atoms with Crippen LogP contribution in [-0.2, 0) is 17.9 Å². The Bertz CT molecular complexity index is 754. The molecule has 3 amide bonds. The Morgan fingerprint density at radius 3 is 2.44 bits per heavy atom. The van der Waals surface area contributed by atoms with Gasteiger partial charge in [0, 0.05) is 6.54 Å². The van der Waals surface area contributed by atoms with E-state index in [0.29, 0.717) is 18.1 Å². The van der Waals surface area contributed by atoms with Crippen LogP contribution in [0.5, 0.6) is 0 Å². The summed E-state index contributed by atoms with van der Waals surface area (Å²) in [6, 6.07) is 4.71. The molecule has 2 rings (SSSR count). The highest BCUT2D eigenvalue weighted by molar-refractivity contribution is 5.86. The molecule has 7 nitrogen and oxygen atoms in total. The Morgan fingerprint density at radius 2 is 1.85 bits per heavy atom. The molecule has 0 saturated carbocycles. The topological polar surface area (TPSA) is 96.3 Å². The highest BCUT2D eigenvalue weighted by Gasteiger charge is 2.20. The standard InChI is InChI=1S/C19H25FN4O3/c1-4-5-16(18(25)21-11-17-23-12(2)13(3)27-17)24-19(26)22-10-14-6-8-15(20)9-7-14/h6-9,16H,4-5,10-11H2,1-3H3,(H,21,25)(H2,22,24,26). The molecule has 0 saturated heterocycles. The van der Waals surface area contributed by atoms with Gasteiger partial charge in [0.05, 0.1) is 12.2 Å². The van der Waals surface area contributed by atoms with Gasteiger partial charge in [-0.15, -0.1) is 0 Å². The second-order valence-corrected chi connectivity index (χ2v) is 6.26. The molecule has 146 valence electrons. The molecule has 1 unspecified atom stereocenters. The summed E-state index contributed by atoms with van der Waals surface area (Å²) in [5.41, 5.74) is 1.54. The molecular formula is C19H25FN4O3. The lowest BCUT2D eigenvalue weighted by atomic mass is 10.1. The highest BCUT2D eigenvalue weighted by atomic mass is 19.1. The van der Waals surface area contributed by atoms with Crippen LogP contribution in [0.15, 0.2) is 28.7 Å². The maximum atomic E-state index is 12.9. The SMILES string of the molecule is CCCC(NC(=O)NCc1ccc(F)cc1)C(=O)NCc1nc(C)c(C)o1. The lowest BCUT2D eigenvalue weighted by molar-refractivity contribution is -0.123. The van der Waals surface area contributed by atoms with Crippen LogP contribution in [0.3, 0.4) is 0 Å². The number of nitrogens with one attached hydrogen (secondary N) is 3. The van der Waals surface area contributed by atoms with E-state index in [-0.39, 0.29) is 24.8 Å². The summed E-state index contributed by atoms with van der Waals surface area (Å²) in [7, 11) is 0. The molecule has 0 aliphatic carbocycles. The molecule has 0 fully saturated rings. The van der Waals surface area contributed by atoms with E-state index >= 15 is 0 Å². The van der Waals surface area contributed by atoms with Gasteiger partial charge in [0.1, 0.15) is 17.6 Å². The van der Waals surface area contributed by atoms with Gasteiger partial charge in [0.2, 0.25) is 11.8 Å². The second-order valence-electron chi connectivity index (χ2n) is 6.26. The zero-order valence-electron chi connectivity index (χ0n) is 15.8. The van der Waals surface area contributed by atoms with Crippen molar-refractivity contribution in [1.29, 1.82) is 0 Å². The van der Waals surface area contributed by atoms with Gasteiger partial charge in [0.15, 0.2) is 0 Å². The largest absolute Gasteiger partial charge is 0.444 e. The average molecular weight is 376 g/mol. The Morgan fingerprint density at radius 1 is 1.15 bits per heavy atom. The van der Waals surface area contributed by atoms with E-state index in [1.807, 2.05) is 13.8 Å². The molecule has 8 heteroatoms. The number of aryl methyl sites for hydroxylation is 2. The van der Waals surface area contributed by atoms with E-state index < -0.39 is 12.1 Å². The molecule has 0 radical (unpaired) electrons. The minimum absolute atomic E-state index is 0.159. The van der Waals surface area contributed by atoms with Gasteiger partial charge in [-0.2, -0.15) is 0 Å². The number of urea groups is 1. The van der Waals surface area contributed by atoms with Gasteiger partial charge in [-0.3, -0.25) is 4.79 Å². The average Bonchev–Trinajstić information content (AvgIpc) is 2.96. The lowest BCUT2D eigenvalue weighted by Gasteiger charge is -2.18. The first-order chi connectivity index (χ1) is 12.9. The van der Waals surface area contributed by atoms with Crippen LogP contribution in [0, 0.1) is 19.7 Å². The third-order valence-corrected chi connectivity index (χ3v) is 4.05. The minimum Gasteiger partial charge on any atom is -0.444 e. The Labute approximate surface area is 157 Å². The molecule has 27 heavy (non-hydrogen) atoms. The summed E-state index contributed by atoms with van der Waals surface area (Å²) < 4.78 is 18.3. The number of halogens is 1. The fourth-order valence-corrected chi connectivity index (χ4v) is 2.45. The zero-order valence-corrected chi connectivity index (χ0v) is 15.8. The Hall–Kier alpha value is -2.90. The van der Waals surface area contributed by atoms with Crippen LogP contribution >= 0.6 is 0 Å². The van der Waals surface area contributed by atoms with E-state index in [1.54, 1.807) is 19.1 Å². The van der Waals surface area contributed by atoms with Crippen LogP contribution < -0.4 is 16.0 Å². The first kappa shape index (κ1) is 20.4. The van der Waals surface area contributed by atoms with E-state index in [4.69, 9.17) is 4.42 Å². The van der Waals surface area contributed by atoms with Crippen molar-refractivity contribution in [2.75, 3.05) is 0 Å². The molecule has 0 aliphatic rings. The number of hydrogen-bond donors (Lipinski definition) is 3. The molecule has 1 aromatic carbocycles. The summed E-state index contributed by atoms with van der Waals surface area (Å²) in [6.07, 6.45) is 1.23. The second kappa shape index (κ2) is 9.70. The number of aromatic nitrogens is 1. The first-order valence-corrected chi connectivity index (χ1v) is 8.88. The molecular weight excluding hydrogens is 351 g/mol. The minimum atomic E-state index is -0.666. The van der Waals surface area contributed by atoms with Gasteiger partial charge < -0.3 is 20.4 Å². The van der Waals surface area contributed by atoms with Crippen LogP contribution in [0.2, 0.25) is 0 Å². The van der Waals surface area contributed by atoms with Crippen molar-refractivity contribution >= 4 is 11.9 Å². The van der Waals surface area contributed by atoms with Gasteiger partial charge in [-0.1, -0.05) is 25.5 Å². The lowest BCUT2D eigenvalue weighted by Crippen LogP contribution is -2.49. The Kier molecular flexibility index (Phi) is 7.34. The van der Waals surface area contributed by atoms with Gasteiger partial charge in [-0.25, -0.2) is 14.2 Å². The normalized spacial score (nSPS) is 11.7. The van der Waals surface area contributed by atoms with Crippen molar-refractivity contribution in [3.8, 4) is 0 Å². The van der Waals surface area contributed by atoms with Crippen molar-refractivity contribution < 1.29 is 18.4 Å². The number of carbonyl (C=O) groups is 2. The van der Waals surface area contributed by atoms with Gasteiger partial charge >= 0.3 is 6.03 Å². The number of nitrogens with zero attached hydrogens (tertiary/aromatic N) is 1. The predicted molar refractivity (Wildman–Crippen MR) is 98.3 cm³/mol. The fourth-order valence-electron chi connectivity index (χ4n) is 2.45. The van der Waals surface area contributed by atoms with Crippen LogP contribution in [0.25, 0.3) is 0 Å². The number of rotatable bonds is 8. The molecule has 1 heterocycles. The summed E-state index contributed by atoms with van der Waals surface area (Å²) in [4.78, 5) is 28.7. The molecule has 2 aromatic rings. The smallest absolute Gasteiger partial charge is 0.315 e. The maximum Gasteiger partial charge on any atom is 0.315 e. The highest BCUT2D eigenvalue weighted by Crippen LogP contribution is 2.08. The molecule has 1 aromatic heterocycles. The third kappa shape index (κ3) is 6.40. The number of hydrogen-bond acceptors (Lipinski definition) is 4. The van der Waals surface area contributed by atoms with Crippen molar-refractivity contribution in [1.82, 2.24) is 20.9 Å². The van der Waals surface area contributed by atoms with Crippen molar-refractivity contribution in [3.05, 3.63) is 53.0 Å². The third-order valence-electron chi connectivity index (χ3n) is 4.05. The van der Waals surface area contributed by atoms with E-state index in [0.717, 1.165) is 17.7 Å². The van der Waals surface area contributed by atoms with E-state index in [2.05, 4.69) is 20.9 Å². The molecule has 0 aliphatic heterocycles. The zero-order chi connectivity index (χ0) is 19.8. The van der Waals surface area contributed by atoms with Crippen molar-refractivity contribution in [3.63, 3.8) is 0 Å². The number of oxazole rings is 1. The summed E-state index contributed by atoms with van der Waals surface area (Å²) in [6.45, 7) is 5.96. The maximum absolute atomic E-state index is 12.9. The molecule has 0 spiro atoms. The summed E-state index contributed by atoms with van der Waals surface area (Å²) >= 11 is 0. The Balaban J connectivity index is 1.84. The summed E-state index contributed by atoms with van der Waals surface area (Å²) in [5, 5.41) is 8.06. The van der Waals surface area contributed by atoms with Crippen LogP contribution in [0.1, 0.15) is 42.7 Å². The first-order valence-electron chi connectivity index (χ1n) is 8.88. The van der Waals surface area contributed by atoms with Crippen LogP contribution in [0.4, 0.5) is 9.18 Å². The van der Waals surface area contributed by atoms with E-state index in [9.17, 15) is 14.0 Å². The number of amides is 3. The predicted octanol–water partition coefficient (Wildman–Crippen LogP) is 2.71. The summed E-state index contributed by atoms with van der Waals surface area (Å²) in [5.74, 6) is 0.499. The monoisotopic (exact) mass is 376 g/mol. The quantitative estimate of drug-likeness (QED) is 0.660.